The zero-order chi connectivity index (χ0) is 15.6. The molecule has 2 unspecified atom stereocenters. The van der Waals surface area contributed by atoms with Crippen molar-refractivity contribution in [3.63, 3.8) is 0 Å². The predicted molar refractivity (Wildman–Crippen MR) is 82.1 cm³/mol. The van der Waals surface area contributed by atoms with Crippen LogP contribution < -0.4 is 5.73 Å². The Labute approximate surface area is 127 Å². The van der Waals surface area contributed by atoms with Crippen molar-refractivity contribution in [1.82, 2.24) is 9.97 Å². The predicted octanol–water partition coefficient (Wildman–Crippen LogP) is 3.68. The van der Waals surface area contributed by atoms with E-state index in [1.54, 1.807) is 12.3 Å². The van der Waals surface area contributed by atoms with Crippen LogP contribution in [0.15, 0.2) is 24.4 Å². The summed E-state index contributed by atoms with van der Waals surface area (Å²) in [6.07, 6.45) is 2.58. The second-order valence-corrected chi connectivity index (χ2v) is 5.42. The zero-order valence-electron chi connectivity index (χ0n) is 11.8. The van der Waals surface area contributed by atoms with Gasteiger partial charge < -0.3 is 10.7 Å². The van der Waals surface area contributed by atoms with E-state index >= 15 is 0 Å². The molecule has 0 bridgehead atoms. The molecule has 1 aromatic carbocycles. The third kappa shape index (κ3) is 3.22. The summed E-state index contributed by atoms with van der Waals surface area (Å²) in [4.78, 5) is 17.8. The van der Waals surface area contributed by atoms with Gasteiger partial charge in [-0.2, -0.15) is 0 Å². The minimum atomic E-state index is -0.506. The molecule has 1 heterocycles. The van der Waals surface area contributed by atoms with Crippen LogP contribution in [0.4, 0.5) is 5.69 Å². The molecule has 1 aromatic heterocycles. The maximum Gasteiger partial charge on any atom is 0.288 e. The van der Waals surface area contributed by atoms with Crippen molar-refractivity contribution < 1.29 is 4.92 Å². The zero-order valence-corrected chi connectivity index (χ0v) is 12.6. The number of nitrogens with one attached hydrogen (secondary N) is 1. The molecule has 2 aromatic rings. The van der Waals surface area contributed by atoms with E-state index < -0.39 is 4.92 Å². The van der Waals surface area contributed by atoms with Gasteiger partial charge in [0, 0.05) is 11.6 Å². The lowest BCUT2D eigenvalue weighted by molar-refractivity contribution is -0.384. The molecule has 0 fully saturated rings. The summed E-state index contributed by atoms with van der Waals surface area (Å²) in [6.45, 7) is 4.12. The van der Waals surface area contributed by atoms with E-state index in [0.717, 1.165) is 6.42 Å². The van der Waals surface area contributed by atoms with Crippen molar-refractivity contribution in [2.45, 2.75) is 26.3 Å². The summed E-state index contributed by atoms with van der Waals surface area (Å²) < 4.78 is 0. The number of nitro groups is 1. The van der Waals surface area contributed by atoms with Gasteiger partial charge in [0.15, 0.2) is 0 Å². The Hall–Kier alpha value is -1.92. The van der Waals surface area contributed by atoms with Gasteiger partial charge in [-0.05, 0) is 12.0 Å². The van der Waals surface area contributed by atoms with E-state index in [0.29, 0.717) is 23.0 Å². The highest BCUT2D eigenvalue weighted by Crippen LogP contribution is 2.30. The molecule has 0 aliphatic rings. The Morgan fingerprint density at radius 1 is 1.52 bits per heavy atom. The minimum absolute atomic E-state index is 0.111. The first-order chi connectivity index (χ1) is 9.93. The first kappa shape index (κ1) is 15.5. The van der Waals surface area contributed by atoms with Gasteiger partial charge in [-0.3, -0.25) is 10.1 Å². The summed E-state index contributed by atoms with van der Waals surface area (Å²) in [6, 6.07) is 4.45. The number of hydrogen-bond acceptors (Lipinski definition) is 4. The van der Waals surface area contributed by atoms with Crippen LogP contribution in [-0.2, 0) is 0 Å². The summed E-state index contributed by atoms with van der Waals surface area (Å²) in [7, 11) is 0. The second kappa shape index (κ2) is 6.24. The Kier molecular flexibility index (Phi) is 4.59. The lowest BCUT2D eigenvalue weighted by Crippen LogP contribution is -2.19. The maximum atomic E-state index is 10.9. The molecule has 3 N–H and O–H groups in total. The molecule has 2 rings (SSSR count). The van der Waals surface area contributed by atoms with Gasteiger partial charge in [0.05, 0.1) is 22.9 Å². The van der Waals surface area contributed by atoms with Gasteiger partial charge >= 0.3 is 0 Å². The molecule has 0 aliphatic heterocycles. The van der Waals surface area contributed by atoms with Gasteiger partial charge in [0.2, 0.25) is 0 Å². The first-order valence-corrected chi connectivity index (χ1v) is 7.06. The summed E-state index contributed by atoms with van der Waals surface area (Å²) in [5, 5.41) is 11.0. The number of rotatable bonds is 5. The number of benzene rings is 1. The first-order valence-electron chi connectivity index (χ1n) is 6.68. The number of hydrogen-bond donors (Lipinski definition) is 2. The second-order valence-electron chi connectivity index (χ2n) is 5.02. The van der Waals surface area contributed by atoms with Gasteiger partial charge in [0.1, 0.15) is 10.8 Å². The SMILES string of the molecule is CCC(C)C(N)c1ncc(-c2ccc(Cl)c([N+](=O)[O-])c2)[nH]1. The van der Waals surface area contributed by atoms with Crippen molar-refractivity contribution in [1.29, 1.82) is 0 Å². The number of H-pyrrole nitrogens is 1. The number of nitrogens with two attached hydrogens (primary N) is 1. The lowest BCUT2D eigenvalue weighted by Gasteiger charge is -2.15. The van der Waals surface area contributed by atoms with Crippen molar-refractivity contribution in [2.24, 2.45) is 11.7 Å². The average Bonchev–Trinajstić information content (AvgIpc) is 2.95. The molecule has 7 heteroatoms. The molecular weight excluding hydrogens is 292 g/mol. The maximum absolute atomic E-state index is 10.9. The largest absolute Gasteiger partial charge is 0.341 e. The van der Waals surface area contributed by atoms with Crippen molar-refractivity contribution in [3.8, 4) is 11.3 Å². The van der Waals surface area contributed by atoms with Gasteiger partial charge in [-0.25, -0.2) is 4.98 Å². The Balaban J connectivity index is 2.34. The normalized spacial score (nSPS) is 13.9. The molecule has 21 heavy (non-hydrogen) atoms. The quantitative estimate of drug-likeness (QED) is 0.650. The lowest BCUT2D eigenvalue weighted by atomic mass is 10.00. The van der Waals surface area contributed by atoms with Crippen LogP contribution in [0, 0.1) is 16.0 Å². The van der Waals surface area contributed by atoms with Crippen LogP contribution in [-0.4, -0.2) is 14.9 Å². The van der Waals surface area contributed by atoms with Crippen LogP contribution >= 0.6 is 11.6 Å². The molecule has 0 amide bonds. The number of aromatic amines is 1. The van der Waals surface area contributed by atoms with E-state index in [2.05, 4.69) is 23.8 Å². The van der Waals surface area contributed by atoms with Gasteiger partial charge in [-0.15, -0.1) is 0 Å². The van der Waals surface area contributed by atoms with Gasteiger partial charge in [-0.1, -0.05) is 37.9 Å². The van der Waals surface area contributed by atoms with E-state index in [-0.39, 0.29) is 16.8 Å². The number of halogens is 1. The third-order valence-electron chi connectivity index (χ3n) is 3.62. The van der Waals surface area contributed by atoms with Crippen LogP contribution in [0.1, 0.15) is 32.1 Å². The molecule has 112 valence electrons. The number of nitro benzene ring substituents is 1. The molecule has 0 radical (unpaired) electrons. The summed E-state index contributed by atoms with van der Waals surface area (Å²) >= 11 is 5.81. The minimum Gasteiger partial charge on any atom is -0.341 e. The monoisotopic (exact) mass is 308 g/mol. The Bertz CT molecular complexity index is 656. The van der Waals surface area contributed by atoms with Crippen molar-refractivity contribution in [3.05, 3.63) is 45.4 Å². The molecule has 0 saturated heterocycles. The highest BCUT2D eigenvalue weighted by atomic mass is 35.5. The molecule has 2 atom stereocenters. The average molecular weight is 309 g/mol. The number of imidazole rings is 1. The Morgan fingerprint density at radius 3 is 2.86 bits per heavy atom. The van der Waals surface area contributed by atoms with Crippen LogP contribution in [0.5, 0.6) is 0 Å². The Morgan fingerprint density at radius 2 is 2.24 bits per heavy atom. The smallest absolute Gasteiger partial charge is 0.288 e. The number of nitrogens with zero attached hydrogens (tertiary/aromatic N) is 2. The fourth-order valence-electron chi connectivity index (χ4n) is 2.00. The fourth-order valence-corrected chi connectivity index (χ4v) is 2.18. The standard InChI is InChI=1S/C14H17ClN4O2/c1-3-8(2)13(16)14-17-7-11(18-14)9-4-5-10(15)12(6-9)19(20)21/h4-8,13H,3,16H2,1-2H3,(H,17,18). The fraction of sp³-hybridized carbons (Fsp3) is 0.357. The molecule has 0 aliphatic carbocycles. The number of aromatic nitrogens is 2. The highest BCUT2D eigenvalue weighted by Gasteiger charge is 2.18. The van der Waals surface area contributed by atoms with Crippen molar-refractivity contribution in [2.75, 3.05) is 0 Å². The third-order valence-corrected chi connectivity index (χ3v) is 3.94. The van der Waals surface area contributed by atoms with Crippen molar-refractivity contribution >= 4 is 17.3 Å². The molecule has 0 spiro atoms. The van der Waals surface area contributed by atoms with Gasteiger partial charge in [0.25, 0.3) is 5.69 Å². The van der Waals surface area contributed by atoms with E-state index in [4.69, 9.17) is 17.3 Å². The van der Waals surface area contributed by atoms with E-state index in [1.165, 1.54) is 12.1 Å². The highest BCUT2D eigenvalue weighted by molar-refractivity contribution is 6.32. The van der Waals surface area contributed by atoms with E-state index in [9.17, 15) is 10.1 Å². The molecular formula is C14H17ClN4O2. The molecule has 6 nitrogen and oxygen atoms in total. The topological polar surface area (TPSA) is 97.8 Å². The van der Waals surface area contributed by atoms with Crippen LogP contribution in [0.3, 0.4) is 0 Å². The van der Waals surface area contributed by atoms with Crippen LogP contribution in [0.25, 0.3) is 11.3 Å². The van der Waals surface area contributed by atoms with Crippen LogP contribution in [0.2, 0.25) is 5.02 Å². The summed E-state index contributed by atoms with van der Waals surface area (Å²) in [5.41, 5.74) is 7.33. The van der Waals surface area contributed by atoms with E-state index in [1.807, 2.05) is 0 Å². The summed E-state index contributed by atoms with van der Waals surface area (Å²) in [5.74, 6) is 0.973. The molecule has 0 saturated carbocycles.